The second kappa shape index (κ2) is 4.30. The first kappa shape index (κ1) is 11.2. The minimum Gasteiger partial charge on any atom is -0.615 e. The highest BCUT2D eigenvalue weighted by Crippen LogP contribution is 2.31. The predicted molar refractivity (Wildman–Crippen MR) is 56.6 cm³/mol. The average molecular weight is 245 g/mol. The Hall–Kier alpha value is -1.28. The fourth-order valence-corrected chi connectivity index (χ4v) is 1.70. The summed E-state index contributed by atoms with van der Waals surface area (Å²) in [6.45, 7) is 0. The number of aromatic nitrogens is 2. The molecule has 1 aliphatic rings. The maximum absolute atomic E-state index is 11.0. The van der Waals surface area contributed by atoms with Crippen LogP contribution in [-0.2, 0) is 17.1 Å². The second-order valence-corrected chi connectivity index (χ2v) is 5.04. The zero-order chi connectivity index (χ0) is 11.7. The summed E-state index contributed by atoms with van der Waals surface area (Å²) in [6.07, 6.45) is 4.62. The van der Waals surface area contributed by atoms with Crippen LogP contribution in [0.2, 0.25) is 0 Å². The van der Waals surface area contributed by atoms with Crippen LogP contribution in [0.3, 0.4) is 0 Å². The van der Waals surface area contributed by atoms with Crippen LogP contribution in [0.15, 0.2) is 6.20 Å². The Bertz CT molecular complexity index is 402. The van der Waals surface area contributed by atoms with Gasteiger partial charge in [-0.2, -0.15) is 0 Å². The molecule has 0 spiro atoms. The highest BCUT2D eigenvalue weighted by atomic mass is 32.2. The molecule has 1 aromatic rings. The van der Waals surface area contributed by atoms with Gasteiger partial charge in [0.15, 0.2) is 5.88 Å². The van der Waals surface area contributed by atoms with Crippen molar-refractivity contribution in [3.05, 3.63) is 16.3 Å². The largest absolute Gasteiger partial charge is 0.615 e. The normalized spacial score (nSPS) is 17.1. The summed E-state index contributed by atoms with van der Waals surface area (Å²) in [4.78, 5) is 10.2. The number of hydrogen-bond donors (Lipinski definition) is 0. The molecule has 0 saturated heterocycles. The number of ether oxygens (including phenoxy) is 1. The zero-order valence-electron chi connectivity index (χ0n) is 8.66. The molecule has 0 amide bonds. The fraction of sp³-hybridized carbons (Fsp3) is 0.625. The van der Waals surface area contributed by atoms with Crippen molar-refractivity contribution >= 4 is 16.9 Å². The number of nitrogens with zero attached hydrogens (tertiary/aromatic N) is 3. The highest BCUT2D eigenvalue weighted by Gasteiger charge is 2.30. The van der Waals surface area contributed by atoms with E-state index < -0.39 is 16.1 Å². The van der Waals surface area contributed by atoms with Crippen molar-refractivity contribution in [2.45, 2.75) is 24.8 Å². The lowest BCUT2D eigenvalue weighted by atomic mass is 10.5. The lowest BCUT2D eigenvalue weighted by Crippen LogP contribution is -2.09. The molecule has 1 aromatic heterocycles. The number of rotatable bonds is 5. The summed E-state index contributed by atoms with van der Waals surface area (Å²) in [5.41, 5.74) is -0.169. The lowest BCUT2D eigenvalue weighted by molar-refractivity contribution is -0.386. The van der Waals surface area contributed by atoms with Gasteiger partial charge in [-0.15, -0.1) is 5.10 Å². The molecule has 88 valence electrons. The SMILES string of the molecule is C[S+]([O-])Cn1cc([N+](=O)[O-])c(OC2CC2)n1. The van der Waals surface area contributed by atoms with E-state index in [0.29, 0.717) is 0 Å². The first-order valence-electron chi connectivity index (χ1n) is 4.75. The molecule has 16 heavy (non-hydrogen) atoms. The quantitative estimate of drug-likeness (QED) is 0.431. The van der Waals surface area contributed by atoms with Gasteiger partial charge in [0.05, 0.1) is 11.2 Å². The Labute approximate surface area is 94.7 Å². The molecule has 8 heteroatoms. The molecule has 0 bridgehead atoms. The van der Waals surface area contributed by atoms with Crippen molar-refractivity contribution < 1.29 is 14.2 Å². The molecule has 1 atom stereocenters. The van der Waals surface area contributed by atoms with E-state index in [9.17, 15) is 14.7 Å². The molecule has 1 heterocycles. The van der Waals surface area contributed by atoms with Gasteiger partial charge in [-0.05, 0) is 24.0 Å². The monoisotopic (exact) mass is 245 g/mol. The topological polar surface area (TPSA) is 93.2 Å². The maximum atomic E-state index is 11.0. The Kier molecular flexibility index (Phi) is 3.01. The van der Waals surface area contributed by atoms with Crippen LogP contribution in [-0.4, -0.2) is 31.6 Å². The van der Waals surface area contributed by atoms with Gasteiger partial charge in [-0.25, -0.2) is 4.68 Å². The molecule has 1 saturated carbocycles. The summed E-state index contributed by atoms with van der Waals surface area (Å²) >= 11 is -1.10. The van der Waals surface area contributed by atoms with E-state index in [1.165, 1.54) is 17.1 Å². The number of hydrogen-bond acceptors (Lipinski definition) is 5. The van der Waals surface area contributed by atoms with Crippen LogP contribution in [0, 0.1) is 10.1 Å². The molecule has 0 aliphatic heterocycles. The first-order valence-corrected chi connectivity index (χ1v) is 6.47. The first-order chi connectivity index (χ1) is 7.56. The average Bonchev–Trinajstić information content (AvgIpc) is 2.87. The van der Waals surface area contributed by atoms with E-state index >= 15 is 0 Å². The van der Waals surface area contributed by atoms with E-state index in [-0.39, 0.29) is 23.5 Å². The standard InChI is InChI=1S/C8H11N3O4S/c1-16(14)5-10-4-7(11(12)13)8(9-10)15-6-2-3-6/h4,6H,2-3,5H2,1H3. The Morgan fingerprint density at radius 1 is 1.75 bits per heavy atom. The fourth-order valence-electron chi connectivity index (χ4n) is 1.20. The van der Waals surface area contributed by atoms with Gasteiger partial charge in [0.2, 0.25) is 0 Å². The number of nitro groups is 1. The Morgan fingerprint density at radius 3 is 2.94 bits per heavy atom. The molecule has 7 nitrogen and oxygen atoms in total. The van der Waals surface area contributed by atoms with Crippen LogP contribution in [0.25, 0.3) is 0 Å². The van der Waals surface area contributed by atoms with E-state index in [4.69, 9.17) is 4.74 Å². The Balaban J connectivity index is 2.18. The third-order valence-corrected chi connectivity index (χ3v) is 2.65. The summed E-state index contributed by atoms with van der Waals surface area (Å²) in [7, 11) is 0. The van der Waals surface area contributed by atoms with Crippen LogP contribution in [0.4, 0.5) is 5.69 Å². The van der Waals surface area contributed by atoms with Crippen molar-refractivity contribution in [3.63, 3.8) is 0 Å². The molecular weight excluding hydrogens is 234 g/mol. The van der Waals surface area contributed by atoms with Crippen LogP contribution >= 0.6 is 0 Å². The minimum absolute atomic E-state index is 0.0259. The molecule has 1 aliphatic carbocycles. The third kappa shape index (κ3) is 2.64. The smallest absolute Gasteiger partial charge is 0.350 e. The third-order valence-electron chi connectivity index (χ3n) is 2.02. The van der Waals surface area contributed by atoms with Crippen molar-refractivity contribution in [3.8, 4) is 5.88 Å². The van der Waals surface area contributed by atoms with Crippen molar-refractivity contribution in [2.24, 2.45) is 0 Å². The minimum atomic E-state index is -1.10. The molecular formula is C8H11N3O4S. The van der Waals surface area contributed by atoms with Gasteiger partial charge in [0.1, 0.15) is 12.3 Å². The van der Waals surface area contributed by atoms with E-state index in [1.807, 2.05) is 0 Å². The summed E-state index contributed by atoms with van der Waals surface area (Å²) < 4.78 is 17.6. The predicted octanol–water partition coefficient (Wildman–Crippen LogP) is 0.668. The van der Waals surface area contributed by atoms with Gasteiger partial charge >= 0.3 is 11.6 Å². The molecule has 1 unspecified atom stereocenters. The zero-order valence-corrected chi connectivity index (χ0v) is 9.48. The molecule has 2 rings (SSSR count). The summed E-state index contributed by atoms with van der Waals surface area (Å²) in [6, 6.07) is 0. The molecule has 0 radical (unpaired) electrons. The summed E-state index contributed by atoms with van der Waals surface area (Å²) in [5, 5.41) is 14.6. The van der Waals surface area contributed by atoms with Gasteiger partial charge < -0.3 is 9.29 Å². The van der Waals surface area contributed by atoms with E-state index in [2.05, 4.69) is 5.10 Å². The Morgan fingerprint density at radius 2 is 2.44 bits per heavy atom. The van der Waals surface area contributed by atoms with Crippen molar-refractivity contribution in [1.82, 2.24) is 9.78 Å². The molecule has 0 N–H and O–H groups in total. The molecule has 0 aromatic carbocycles. The maximum Gasteiger partial charge on any atom is 0.350 e. The van der Waals surface area contributed by atoms with Crippen molar-refractivity contribution in [1.29, 1.82) is 0 Å². The van der Waals surface area contributed by atoms with Crippen molar-refractivity contribution in [2.75, 3.05) is 6.26 Å². The van der Waals surface area contributed by atoms with Gasteiger partial charge in [-0.3, -0.25) is 10.1 Å². The lowest BCUT2D eigenvalue weighted by Gasteiger charge is -2.03. The van der Waals surface area contributed by atoms with Crippen LogP contribution in [0.5, 0.6) is 5.88 Å². The highest BCUT2D eigenvalue weighted by molar-refractivity contribution is 7.89. The van der Waals surface area contributed by atoms with Crippen LogP contribution in [0.1, 0.15) is 12.8 Å². The van der Waals surface area contributed by atoms with Gasteiger partial charge in [0, 0.05) is 0 Å². The van der Waals surface area contributed by atoms with Gasteiger partial charge in [-0.1, -0.05) is 0 Å². The molecule has 1 fully saturated rings. The second-order valence-electron chi connectivity index (χ2n) is 3.64. The van der Waals surface area contributed by atoms with E-state index in [0.717, 1.165) is 12.8 Å². The van der Waals surface area contributed by atoms with E-state index in [1.54, 1.807) is 0 Å². The van der Waals surface area contributed by atoms with Gasteiger partial charge in [0.25, 0.3) is 0 Å². The van der Waals surface area contributed by atoms with Crippen LogP contribution < -0.4 is 4.74 Å². The summed E-state index contributed by atoms with van der Waals surface area (Å²) in [5.74, 6) is 0.160.